The van der Waals surface area contributed by atoms with Gasteiger partial charge in [0.15, 0.2) is 11.6 Å². The number of nitrogens with zero attached hydrogens (tertiary/aromatic N) is 1. The summed E-state index contributed by atoms with van der Waals surface area (Å²) in [6.45, 7) is 1.56. The summed E-state index contributed by atoms with van der Waals surface area (Å²) in [5.74, 6) is -0.257. The van der Waals surface area contributed by atoms with E-state index >= 15 is 0 Å². The Labute approximate surface area is 110 Å². The van der Waals surface area contributed by atoms with Crippen LogP contribution in [0.2, 0.25) is 0 Å². The van der Waals surface area contributed by atoms with Crippen LogP contribution in [0.1, 0.15) is 24.2 Å². The van der Waals surface area contributed by atoms with Crippen molar-refractivity contribution in [1.82, 2.24) is 0 Å². The van der Waals surface area contributed by atoms with Gasteiger partial charge in [-0.1, -0.05) is 18.2 Å². The lowest BCUT2D eigenvalue weighted by atomic mass is 10.1. The molecular formula is C15H12FNO2. The highest BCUT2D eigenvalue weighted by Gasteiger charge is 2.10. The molecule has 19 heavy (non-hydrogen) atoms. The van der Waals surface area contributed by atoms with Crippen molar-refractivity contribution < 1.29 is 14.2 Å². The van der Waals surface area contributed by atoms with Crippen LogP contribution in [-0.4, -0.2) is 5.11 Å². The highest BCUT2D eigenvalue weighted by atomic mass is 19.1. The van der Waals surface area contributed by atoms with Crippen LogP contribution >= 0.6 is 0 Å². The molecule has 0 aliphatic rings. The molecular weight excluding hydrogens is 245 g/mol. The van der Waals surface area contributed by atoms with E-state index in [2.05, 4.69) is 0 Å². The van der Waals surface area contributed by atoms with E-state index in [4.69, 9.17) is 10.00 Å². The van der Waals surface area contributed by atoms with E-state index in [-0.39, 0.29) is 5.75 Å². The Morgan fingerprint density at radius 2 is 1.95 bits per heavy atom. The summed E-state index contributed by atoms with van der Waals surface area (Å²) in [6, 6.07) is 12.8. The van der Waals surface area contributed by atoms with Gasteiger partial charge in [-0.2, -0.15) is 5.26 Å². The fraction of sp³-hybridized carbons (Fsp3) is 0.133. The van der Waals surface area contributed by atoms with Crippen molar-refractivity contribution in [2.75, 3.05) is 0 Å². The van der Waals surface area contributed by atoms with E-state index < -0.39 is 11.9 Å². The van der Waals surface area contributed by atoms with Crippen molar-refractivity contribution >= 4 is 0 Å². The van der Waals surface area contributed by atoms with Crippen molar-refractivity contribution in [3.8, 4) is 17.6 Å². The second kappa shape index (κ2) is 5.51. The van der Waals surface area contributed by atoms with Gasteiger partial charge >= 0.3 is 0 Å². The Hall–Kier alpha value is -2.38. The summed E-state index contributed by atoms with van der Waals surface area (Å²) in [7, 11) is 0. The quantitative estimate of drug-likeness (QED) is 0.914. The first-order valence-corrected chi connectivity index (χ1v) is 5.76. The Morgan fingerprint density at radius 3 is 2.58 bits per heavy atom. The molecule has 1 N–H and O–H groups in total. The highest BCUT2D eigenvalue weighted by molar-refractivity contribution is 5.45. The fourth-order valence-electron chi connectivity index (χ4n) is 1.63. The molecule has 0 bridgehead atoms. The average molecular weight is 257 g/mol. The molecule has 0 spiro atoms. The molecule has 0 aromatic heterocycles. The molecule has 1 atom stereocenters. The van der Waals surface area contributed by atoms with Crippen molar-refractivity contribution in [2.45, 2.75) is 13.0 Å². The summed E-state index contributed by atoms with van der Waals surface area (Å²) in [4.78, 5) is 0. The zero-order valence-electron chi connectivity index (χ0n) is 10.3. The van der Waals surface area contributed by atoms with E-state index in [0.29, 0.717) is 16.9 Å². The zero-order chi connectivity index (χ0) is 13.8. The number of hydrogen-bond donors (Lipinski definition) is 1. The lowest BCUT2D eigenvalue weighted by molar-refractivity contribution is 0.198. The maximum atomic E-state index is 13.8. The van der Waals surface area contributed by atoms with Crippen molar-refractivity contribution in [2.24, 2.45) is 0 Å². The summed E-state index contributed by atoms with van der Waals surface area (Å²) < 4.78 is 19.2. The number of benzene rings is 2. The lowest BCUT2D eigenvalue weighted by Gasteiger charge is -2.10. The number of hydrogen-bond acceptors (Lipinski definition) is 3. The van der Waals surface area contributed by atoms with Gasteiger partial charge in [-0.05, 0) is 36.8 Å². The molecule has 0 aliphatic carbocycles. The van der Waals surface area contributed by atoms with E-state index in [1.165, 1.54) is 12.1 Å². The monoisotopic (exact) mass is 257 g/mol. The number of nitriles is 1. The predicted octanol–water partition coefficient (Wildman–Crippen LogP) is 3.54. The summed E-state index contributed by atoms with van der Waals surface area (Å²) in [5, 5.41) is 18.3. The standard InChI is InChI=1S/C15H12FNO2/c1-10(18)11-6-7-15(13(16)8-11)19-14-5-3-2-4-12(14)9-17/h2-8,10,18H,1H3/t10-/m1/s1. The van der Waals surface area contributed by atoms with Gasteiger partial charge in [0, 0.05) is 0 Å². The largest absolute Gasteiger partial charge is 0.453 e. The third-order valence-electron chi connectivity index (χ3n) is 2.67. The van der Waals surface area contributed by atoms with Gasteiger partial charge in [-0.3, -0.25) is 0 Å². The molecule has 3 nitrogen and oxygen atoms in total. The molecule has 0 saturated carbocycles. The van der Waals surface area contributed by atoms with Crippen LogP contribution in [0.25, 0.3) is 0 Å². The SMILES string of the molecule is C[C@@H](O)c1ccc(Oc2ccccc2C#N)c(F)c1. The topological polar surface area (TPSA) is 53.2 Å². The zero-order valence-corrected chi connectivity index (χ0v) is 10.3. The van der Waals surface area contributed by atoms with Crippen molar-refractivity contribution in [3.63, 3.8) is 0 Å². The van der Waals surface area contributed by atoms with Crippen LogP contribution in [0.15, 0.2) is 42.5 Å². The molecule has 2 aromatic carbocycles. The lowest BCUT2D eigenvalue weighted by Crippen LogP contribution is -1.95. The Bertz CT molecular complexity index is 632. The first-order chi connectivity index (χ1) is 9.11. The van der Waals surface area contributed by atoms with Gasteiger partial charge in [-0.25, -0.2) is 4.39 Å². The normalized spacial score (nSPS) is 11.7. The molecule has 0 heterocycles. The van der Waals surface area contributed by atoms with Crippen molar-refractivity contribution in [1.29, 1.82) is 5.26 Å². The maximum absolute atomic E-state index is 13.8. The molecule has 0 fully saturated rings. The highest BCUT2D eigenvalue weighted by Crippen LogP contribution is 2.28. The number of aliphatic hydroxyl groups is 1. The second-order valence-electron chi connectivity index (χ2n) is 4.08. The van der Waals surface area contributed by atoms with Gasteiger partial charge in [-0.15, -0.1) is 0 Å². The minimum Gasteiger partial charge on any atom is -0.453 e. The second-order valence-corrected chi connectivity index (χ2v) is 4.08. The smallest absolute Gasteiger partial charge is 0.166 e. The number of aliphatic hydroxyl groups excluding tert-OH is 1. The maximum Gasteiger partial charge on any atom is 0.166 e. The average Bonchev–Trinajstić information content (AvgIpc) is 2.41. The Kier molecular flexibility index (Phi) is 3.79. The number of rotatable bonds is 3. The van der Waals surface area contributed by atoms with Gasteiger partial charge in [0.2, 0.25) is 0 Å². The first-order valence-electron chi connectivity index (χ1n) is 5.76. The minimum absolute atomic E-state index is 0.0205. The van der Waals surface area contributed by atoms with Crippen LogP contribution in [0.4, 0.5) is 4.39 Å². The summed E-state index contributed by atoms with van der Waals surface area (Å²) in [6.07, 6.45) is -0.741. The van der Waals surface area contributed by atoms with Crippen LogP contribution in [0.5, 0.6) is 11.5 Å². The van der Waals surface area contributed by atoms with Gasteiger partial charge in [0.05, 0.1) is 11.7 Å². The fourth-order valence-corrected chi connectivity index (χ4v) is 1.63. The van der Waals surface area contributed by atoms with E-state index in [9.17, 15) is 9.50 Å². The number of para-hydroxylation sites is 1. The Morgan fingerprint density at radius 1 is 1.21 bits per heavy atom. The predicted molar refractivity (Wildman–Crippen MR) is 68.3 cm³/mol. The molecule has 2 rings (SSSR count). The molecule has 0 radical (unpaired) electrons. The molecule has 4 heteroatoms. The van der Waals surface area contributed by atoms with Crippen LogP contribution < -0.4 is 4.74 Å². The van der Waals surface area contributed by atoms with Gasteiger partial charge in [0.25, 0.3) is 0 Å². The third-order valence-corrected chi connectivity index (χ3v) is 2.67. The molecule has 2 aromatic rings. The van der Waals surface area contributed by atoms with E-state index in [0.717, 1.165) is 0 Å². The van der Waals surface area contributed by atoms with Crippen molar-refractivity contribution in [3.05, 3.63) is 59.4 Å². The Balaban J connectivity index is 2.32. The van der Waals surface area contributed by atoms with Crippen LogP contribution in [0.3, 0.4) is 0 Å². The molecule has 0 amide bonds. The summed E-state index contributed by atoms with van der Waals surface area (Å²) >= 11 is 0. The molecule has 0 aliphatic heterocycles. The van der Waals surface area contributed by atoms with E-state index in [1.54, 1.807) is 37.3 Å². The van der Waals surface area contributed by atoms with Gasteiger partial charge in [0.1, 0.15) is 11.8 Å². The number of ether oxygens (including phenoxy) is 1. The van der Waals surface area contributed by atoms with Crippen LogP contribution in [0, 0.1) is 17.1 Å². The summed E-state index contributed by atoms with van der Waals surface area (Å²) in [5.41, 5.74) is 0.805. The van der Waals surface area contributed by atoms with Crippen LogP contribution in [-0.2, 0) is 0 Å². The minimum atomic E-state index is -0.741. The molecule has 0 saturated heterocycles. The third kappa shape index (κ3) is 2.90. The van der Waals surface area contributed by atoms with Gasteiger partial charge < -0.3 is 9.84 Å². The number of halogens is 1. The first kappa shape index (κ1) is 13.1. The molecule has 0 unspecified atom stereocenters. The molecule has 96 valence electrons. The van der Waals surface area contributed by atoms with E-state index in [1.807, 2.05) is 6.07 Å².